The average Bonchev–Trinajstić information content (AvgIpc) is 2.40. The second-order valence-electron chi connectivity index (χ2n) is 4.87. The largest absolute Gasteiger partial charge is 0.382 e. The maximum atomic E-state index is 8.80. The first-order valence-electron chi connectivity index (χ1n) is 6.42. The van der Waals surface area contributed by atoms with E-state index in [-0.39, 0.29) is 0 Å². The molecule has 1 aliphatic carbocycles. The van der Waals surface area contributed by atoms with E-state index in [4.69, 9.17) is 5.26 Å². The van der Waals surface area contributed by atoms with Crippen molar-refractivity contribution in [3.63, 3.8) is 0 Å². The second-order valence-corrected chi connectivity index (χ2v) is 4.87. The molecule has 0 saturated heterocycles. The van der Waals surface area contributed by atoms with Gasteiger partial charge in [0.15, 0.2) is 0 Å². The molecule has 0 spiro atoms. The van der Waals surface area contributed by atoms with E-state index in [1.54, 1.807) is 6.20 Å². The Labute approximate surface area is 103 Å². The summed E-state index contributed by atoms with van der Waals surface area (Å²) in [5.41, 5.74) is 1.49. The average molecular weight is 229 g/mol. The van der Waals surface area contributed by atoms with Crippen LogP contribution in [0.4, 0.5) is 5.69 Å². The van der Waals surface area contributed by atoms with Gasteiger partial charge in [-0.2, -0.15) is 5.26 Å². The Bertz CT molecular complexity index is 402. The summed E-state index contributed by atoms with van der Waals surface area (Å²) in [5, 5.41) is 12.3. The number of nitrogens with zero attached hydrogens (tertiary/aromatic N) is 2. The summed E-state index contributed by atoms with van der Waals surface area (Å²) in [6, 6.07) is 6.29. The Morgan fingerprint density at radius 1 is 1.41 bits per heavy atom. The molecule has 3 heteroatoms. The van der Waals surface area contributed by atoms with Crippen molar-refractivity contribution < 1.29 is 0 Å². The van der Waals surface area contributed by atoms with E-state index in [2.05, 4.69) is 23.3 Å². The molecule has 0 amide bonds. The third kappa shape index (κ3) is 3.20. The van der Waals surface area contributed by atoms with Crippen LogP contribution in [-0.2, 0) is 0 Å². The zero-order valence-electron chi connectivity index (χ0n) is 10.3. The number of hydrogen-bond donors (Lipinski definition) is 1. The van der Waals surface area contributed by atoms with Gasteiger partial charge < -0.3 is 5.32 Å². The second kappa shape index (κ2) is 5.67. The molecule has 0 radical (unpaired) electrons. The molecule has 1 aromatic rings. The van der Waals surface area contributed by atoms with E-state index in [9.17, 15) is 0 Å². The van der Waals surface area contributed by atoms with Gasteiger partial charge in [0.1, 0.15) is 11.8 Å². The lowest BCUT2D eigenvalue weighted by Crippen LogP contribution is -2.27. The monoisotopic (exact) mass is 229 g/mol. The summed E-state index contributed by atoms with van der Waals surface area (Å²) >= 11 is 0. The highest BCUT2D eigenvalue weighted by Crippen LogP contribution is 2.27. The molecule has 2 rings (SSSR count). The van der Waals surface area contributed by atoms with E-state index in [1.165, 1.54) is 32.1 Å². The number of anilines is 1. The van der Waals surface area contributed by atoms with Crippen molar-refractivity contribution in [3.8, 4) is 6.07 Å². The Kier molecular flexibility index (Phi) is 3.98. The molecule has 17 heavy (non-hydrogen) atoms. The van der Waals surface area contributed by atoms with Gasteiger partial charge in [0.25, 0.3) is 0 Å². The lowest BCUT2D eigenvalue weighted by molar-refractivity contribution is 0.328. The van der Waals surface area contributed by atoms with Crippen LogP contribution in [0.25, 0.3) is 0 Å². The molecule has 1 aromatic heterocycles. The topological polar surface area (TPSA) is 48.7 Å². The minimum Gasteiger partial charge on any atom is -0.382 e. The summed E-state index contributed by atoms with van der Waals surface area (Å²) in [4.78, 5) is 3.98. The van der Waals surface area contributed by atoms with Crippen molar-refractivity contribution in [3.05, 3.63) is 24.0 Å². The standard InChI is InChI=1S/C14H19N3/c1-11(12-5-3-2-4-6-12)17-13-7-8-16-14(9-13)10-15/h7-9,11-12H,2-6H2,1H3,(H,16,17). The van der Waals surface area contributed by atoms with Crippen molar-refractivity contribution in [1.82, 2.24) is 4.98 Å². The molecule has 1 aliphatic rings. The highest BCUT2D eigenvalue weighted by molar-refractivity contribution is 5.46. The fourth-order valence-electron chi connectivity index (χ4n) is 2.60. The third-order valence-electron chi connectivity index (χ3n) is 3.63. The highest BCUT2D eigenvalue weighted by atomic mass is 14.9. The van der Waals surface area contributed by atoms with E-state index in [0.717, 1.165) is 11.6 Å². The highest BCUT2D eigenvalue weighted by Gasteiger charge is 2.19. The number of nitrogens with one attached hydrogen (secondary N) is 1. The molecule has 1 unspecified atom stereocenters. The van der Waals surface area contributed by atoms with Crippen molar-refractivity contribution in [2.45, 2.75) is 45.1 Å². The van der Waals surface area contributed by atoms with E-state index >= 15 is 0 Å². The number of nitriles is 1. The molecule has 1 atom stereocenters. The first-order chi connectivity index (χ1) is 8.29. The molecule has 1 saturated carbocycles. The molecule has 0 bridgehead atoms. The van der Waals surface area contributed by atoms with Gasteiger partial charge in [-0.15, -0.1) is 0 Å². The van der Waals surface area contributed by atoms with Gasteiger partial charge in [-0.3, -0.25) is 0 Å². The van der Waals surface area contributed by atoms with Gasteiger partial charge in [0.2, 0.25) is 0 Å². The van der Waals surface area contributed by atoms with Crippen molar-refractivity contribution in [2.75, 3.05) is 5.32 Å². The normalized spacial score (nSPS) is 18.4. The van der Waals surface area contributed by atoms with Crippen LogP contribution in [0.15, 0.2) is 18.3 Å². The van der Waals surface area contributed by atoms with Gasteiger partial charge in [-0.25, -0.2) is 4.98 Å². The molecule has 0 aromatic carbocycles. The van der Waals surface area contributed by atoms with Crippen LogP contribution in [0.1, 0.15) is 44.7 Å². The van der Waals surface area contributed by atoms with Gasteiger partial charge >= 0.3 is 0 Å². The number of rotatable bonds is 3. The zero-order chi connectivity index (χ0) is 12.1. The summed E-state index contributed by atoms with van der Waals surface area (Å²) in [7, 11) is 0. The van der Waals surface area contributed by atoms with Crippen molar-refractivity contribution in [2.24, 2.45) is 5.92 Å². The summed E-state index contributed by atoms with van der Waals surface area (Å²) in [6.07, 6.45) is 8.44. The first-order valence-corrected chi connectivity index (χ1v) is 6.42. The van der Waals surface area contributed by atoms with Gasteiger partial charge in [-0.05, 0) is 37.8 Å². The smallest absolute Gasteiger partial charge is 0.142 e. The molecule has 3 nitrogen and oxygen atoms in total. The molecule has 1 N–H and O–H groups in total. The predicted octanol–water partition coefficient (Wildman–Crippen LogP) is 3.33. The minimum atomic E-state index is 0.476. The van der Waals surface area contributed by atoms with Crippen LogP contribution in [0.2, 0.25) is 0 Å². The molecule has 1 heterocycles. The van der Waals surface area contributed by atoms with E-state index in [1.807, 2.05) is 12.1 Å². The molecular formula is C14H19N3. The van der Waals surface area contributed by atoms with E-state index in [0.29, 0.717) is 11.7 Å². The fraction of sp³-hybridized carbons (Fsp3) is 0.571. The molecule has 90 valence electrons. The molecular weight excluding hydrogens is 210 g/mol. The van der Waals surface area contributed by atoms with Crippen molar-refractivity contribution in [1.29, 1.82) is 5.26 Å². The van der Waals surface area contributed by atoms with E-state index < -0.39 is 0 Å². The Balaban J connectivity index is 1.97. The van der Waals surface area contributed by atoms with Crippen LogP contribution in [-0.4, -0.2) is 11.0 Å². The van der Waals surface area contributed by atoms with Crippen LogP contribution >= 0.6 is 0 Å². The van der Waals surface area contributed by atoms with Gasteiger partial charge in [-0.1, -0.05) is 19.3 Å². The lowest BCUT2D eigenvalue weighted by Gasteiger charge is -2.29. The Morgan fingerprint density at radius 2 is 2.18 bits per heavy atom. The van der Waals surface area contributed by atoms with Crippen LogP contribution < -0.4 is 5.32 Å². The van der Waals surface area contributed by atoms with Crippen LogP contribution in [0.3, 0.4) is 0 Å². The van der Waals surface area contributed by atoms with Crippen LogP contribution in [0.5, 0.6) is 0 Å². The number of pyridine rings is 1. The number of aromatic nitrogens is 1. The summed E-state index contributed by atoms with van der Waals surface area (Å²) < 4.78 is 0. The first kappa shape index (κ1) is 11.9. The Morgan fingerprint density at radius 3 is 2.88 bits per heavy atom. The molecule has 1 fully saturated rings. The fourth-order valence-corrected chi connectivity index (χ4v) is 2.60. The van der Waals surface area contributed by atoms with Gasteiger partial charge in [0, 0.05) is 17.9 Å². The number of hydrogen-bond acceptors (Lipinski definition) is 3. The van der Waals surface area contributed by atoms with Crippen LogP contribution in [0, 0.1) is 17.2 Å². The summed E-state index contributed by atoms with van der Waals surface area (Å²) in [5.74, 6) is 0.766. The Hall–Kier alpha value is -1.56. The maximum Gasteiger partial charge on any atom is 0.142 e. The summed E-state index contributed by atoms with van der Waals surface area (Å²) in [6.45, 7) is 2.24. The SMILES string of the molecule is CC(Nc1ccnc(C#N)c1)C1CCCCC1. The predicted molar refractivity (Wildman–Crippen MR) is 68.6 cm³/mol. The minimum absolute atomic E-state index is 0.476. The van der Waals surface area contributed by atoms with Crippen molar-refractivity contribution >= 4 is 5.69 Å². The zero-order valence-corrected chi connectivity index (χ0v) is 10.3. The maximum absolute atomic E-state index is 8.80. The molecule has 0 aliphatic heterocycles. The lowest BCUT2D eigenvalue weighted by atomic mass is 9.84. The van der Waals surface area contributed by atoms with Gasteiger partial charge in [0.05, 0.1) is 0 Å². The third-order valence-corrected chi connectivity index (χ3v) is 3.63. The quantitative estimate of drug-likeness (QED) is 0.864.